The van der Waals surface area contributed by atoms with Gasteiger partial charge in [0, 0.05) is 45.1 Å². The second kappa shape index (κ2) is 8.19. The fraction of sp³-hybridized carbons (Fsp3) is 0.444. The summed E-state index contributed by atoms with van der Waals surface area (Å²) in [5, 5.41) is 3.76. The van der Waals surface area contributed by atoms with Crippen LogP contribution in [-0.4, -0.2) is 68.4 Å². The van der Waals surface area contributed by atoms with Crippen LogP contribution < -0.4 is 9.64 Å². The fourth-order valence-electron chi connectivity index (χ4n) is 3.11. The van der Waals surface area contributed by atoms with Gasteiger partial charge in [-0.3, -0.25) is 4.68 Å². The summed E-state index contributed by atoms with van der Waals surface area (Å²) in [6.45, 7) is 3.50. The Labute approximate surface area is 164 Å². The third-order valence-corrected chi connectivity index (χ3v) is 6.39. The average Bonchev–Trinajstić information content (AvgIpc) is 3.11. The highest BCUT2D eigenvalue weighted by Gasteiger charge is 2.35. The van der Waals surface area contributed by atoms with Crippen LogP contribution in [0, 0.1) is 0 Å². The van der Waals surface area contributed by atoms with E-state index in [0.29, 0.717) is 26.2 Å². The van der Waals surface area contributed by atoms with Crippen molar-refractivity contribution in [3.05, 3.63) is 36.0 Å². The normalized spacial score (nSPS) is 15.5. The molecule has 9 nitrogen and oxygen atoms in total. The van der Waals surface area contributed by atoms with Crippen LogP contribution in [0.1, 0.15) is 17.3 Å². The number of hydrogen-bond donors (Lipinski definition) is 0. The largest absolute Gasteiger partial charge is 0.497 e. The molecule has 0 N–H and O–H groups in total. The van der Waals surface area contributed by atoms with Crippen LogP contribution in [0.5, 0.6) is 5.75 Å². The number of rotatable bonds is 6. The average molecular weight is 408 g/mol. The lowest BCUT2D eigenvalue weighted by Gasteiger charge is -2.35. The lowest BCUT2D eigenvalue weighted by Crippen LogP contribution is -2.49. The van der Waals surface area contributed by atoms with Crippen LogP contribution in [0.15, 0.2) is 35.5 Å². The summed E-state index contributed by atoms with van der Waals surface area (Å²) in [4.78, 5) is 14.2. The number of carbonyl (C=O) groups excluding carboxylic acids is 1. The Bertz CT molecular complexity index is 931. The molecule has 1 aliphatic rings. The number of piperazine rings is 1. The number of sulfonamides is 1. The SMILES string of the molecule is CCOC(=O)c1cn(C)nc1S(=O)(=O)N1CCN(c2ccc(OC)cc2)CC1. The van der Waals surface area contributed by atoms with Gasteiger partial charge in [-0.2, -0.15) is 9.40 Å². The van der Waals surface area contributed by atoms with Gasteiger partial charge in [0.1, 0.15) is 11.3 Å². The fourth-order valence-corrected chi connectivity index (χ4v) is 4.64. The number of nitrogens with zero attached hydrogens (tertiary/aromatic N) is 4. The number of esters is 1. The van der Waals surface area contributed by atoms with Crippen molar-refractivity contribution in [3.8, 4) is 5.75 Å². The van der Waals surface area contributed by atoms with Crippen molar-refractivity contribution < 1.29 is 22.7 Å². The molecule has 2 heterocycles. The molecule has 0 radical (unpaired) electrons. The van der Waals surface area contributed by atoms with E-state index in [1.807, 2.05) is 24.3 Å². The topological polar surface area (TPSA) is 94.0 Å². The Morgan fingerprint density at radius 2 is 1.79 bits per heavy atom. The molecule has 0 saturated carbocycles. The molecule has 1 fully saturated rings. The van der Waals surface area contributed by atoms with Gasteiger partial charge in [0.15, 0.2) is 0 Å². The van der Waals surface area contributed by atoms with E-state index < -0.39 is 16.0 Å². The zero-order chi connectivity index (χ0) is 20.3. The number of methoxy groups -OCH3 is 1. The van der Waals surface area contributed by atoms with E-state index in [4.69, 9.17) is 9.47 Å². The maximum atomic E-state index is 13.1. The molecule has 152 valence electrons. The minimum Gasteiger partial charge on any atom is -0.497 e. The van der Waals surface area contributed by atoms with Crippen LogP contribution in [0.4, 0.5) is 5.69 Å². The molecule has 2 aromatic rings. The number of aryl methyl sites for hydroxylation is 1. The number of aromatic nitrogens is 2. The van der Waals surface area contributed by atoms with Crippen molar-refractivity contribution >= 4 is 21.7 Å². The van der Waals surface area contributed by atoms with Gasteiger partial charge in [-0.25, -0.2) is 13.2 Å². The van der Waals surface area contributed by atoms with Gasteiger partial charge in [-0.1, -0.05) is 0 Å². The summed E-state index contributed by atoms with van der Waals surface area (Å²) in [7, 11) is -0.713. The van der Waals surface area contributed by atoms with E-state index in [0.717, 1.165) is 11.4 Å². The molecule has 0 unspecified atom stereocenters. The first kappa shape index (κ1) is 20.2. The first-order valence-corrected chi connectivity index (χ1v) is 10.4. The lowest BCUT2D eigenvalue weighted by molar-refractivity contribution is 0.0521. The number of carbonyl (C=O) groups is 1. The summed E-state index contributed by atoms with van der Waals surface area (Å²) in [6, 6.07) is 7.64. The summed E-state index contributed by atoms with van der Waals surface area (Å²) in [5.41, 5.74) is 0.963. The smallest absolute Gasteiger partial charge is 0.342 e. The van der Waals surface area contributed by atoms with E-state index in [2.05, 4.69) is 10.00 Å². The van der Waals surface area contributed by atoms with Crippen molar-refractivity contribution in [2.45, 2.75) is 11.9 Å². The van der Waals surface area contributed by atoms with Crippen LogP contribution in [0.2, 0.25) is 0 Å². The predicted molar refractivity (Wildman–Crippen MR) is 103 cm³/mol. The minimum atomic E-state index is -3.90. The maximum absolute atomic E-state index is 13.1. The molecule has 0 spiro atoms. The molecule has 3 rings (SSSR count). The molecule has 0 aliphatic carbocycles. The van der Waals surface area contributed by atoms with Crippen molar-refractivity contribution in [2.24, 2.45) is 7.05 Å². The Kier molecular flexibility index (Phi) is 5.90. The van der Waals surface area contributed by atoms with Crippen molar-refractivity contribution in [2.75, 3.05) is 44.8 Å². The quantitative estimate of drug-likeness (QED) is 0.661. The molecule has 28 heavy (non-hydrogen) atoms. The molecule has 0 amide bonds. The summed E-state index contributed by atoms with van der Waals surface area (Å²) in [6.07, 6.45) is 1.37. The van der Waals surface area contributed by atoms with Crippen molar-refractivity contribution in [1.29, 1.82) is 0 Å². The number of hydrogen-bond acceptors (Lipinski definition) is 7. The Morgan fingerprint density at radius 1 is 1.14 bits per heavy atom. The molecule has 0 atom stereocenters. The first-order chi connectivity index (χ1) is 13.4. The standard InChI is InChI=1S/C18H24N4O5S/c1-4-27-18(23)16-13-20(2)19-17(16)28(24,25)22-11-9-21(10-12-22)14-5-7-15(26-3)8-6-14/h5-8,13H,4,9-12H2,1-3H3. The molecule has 1 aromatic heterocycles. The molecule has 0 bridgehead atoms. The highest BCUT2D eigenvalue weighted by atomic mass is 32.2. The first-order valence-electron chi connectivity index (χ1n) is 8.96. The summed E-state index contributed by atoms with van der Waals surface area (Å²) < 4.78 is 38.9. The van der Waals surface area contributed by atoms with Crippen LogP contribution in [-0.2, 0) is 21.8 Å². The second-order valence-corrected chi connectivity index (χ2v) is 8.18. The van der Waals surface area contributed by atoms with Crippen molar-refractivity contribution in [1.82, 2.24) is 14.1 Å². The Balaban J connectivity index is 1.75. The lowest BCUT2D eigenvalue weighted by atomic mass is 10.2. The van der Waals surface area contributed by atoms with E-state index >= 15 is 0 Å². The maximum Gasteiger partial charge on any atom is 0.342 e. The van der Waals surface area contributed by atoms with Gasteiger partial charge < -0.3 is 14.4 Å². The summed E-state index contributed by atoms with van der Waals surface area (Å²) in [5.74, 6) is 0.0812. The van der Waals surface area contributed by atoms with E-state index in [1.54, 1.807) is 21.1 Å². The molecular weight excluding hydrogens is 384 g/mol. The van der Waals surface area contributed by atoms with Gasteiger partial charge in [-0.05, 0) is 31.2 Å². The number of ether oxygens (including phenoxy) is 2. The van der Waals surface area contributed by atoms with Crippen molar-refractivity contribution in [3.63, 3.8) is 0 Å². The van der Waals surface area contributed by atoms with Crippen LogP contribution in [0.3, 0.4) is 0 Å². The van der Waals surface area contributed by atoms with E-state index in [-0.39, 0.29) is 17.2 Å². The highest BCUT2D eigenvalue weighted by Crippen LogP contribution is 2.24. The molecule has 1 aromatic carbocycles. The number of anilines is 1. The Morgan fingerprint density at radius 3 is 2.36 bits per heavy atom. The number of benzene rings is 1. The minimum absolute atomic E-state index is 0.0399. The third-order valence-electron chi connectivity index (χ3n) is 4.55. The summed E-state index contributed by atoms with van der Waals surface area (Å²) >= 11 is 0. The van der Waals surface area contributed by atoms with E-state index in [1.165, 1.54) is 15.2 Å². The molecular formula is C18H24N4O5S. The molecule has 1 aliphatic heterocycles. The monoisotopic (exact) mass is 408 g/mol. The van der Waals surface area contributed by atoms with Gasteiger partial charge in [-0.15, -0.1) is 0 Å². The highest BCUT2D eigenvalue weighted by molar-refractivity contribution is 7.89. The van der Waals surface area contributed by atoms with Gasteiger partial charge in [0.25, 0.3) is 10.0 Å². The van der Waals surface area contributed by atoms with Gasteiger partial charge in [0.2, 0.25) is 5.03 Å². The van der Waals surface area contributed by atoms with Crippen LogP contribution >= 0.6 is 0 Å². The van der Waals surface area contributed by atoms with Gasteiger partial charge >= 0.3 is 5.97 Å². The van der Waals surface area contributed by atoms with Gasteiger partial charge in [0.05, 0.1) is 13.7 Å². The zero-order valence-electron chi connectivity index (χ0n) is 16.2. The second-order valence-electron chi connectivity index (χ2n) is 6.33. The molecule has 10 heteroatoms. The molecule has 1 saturated heterocycles. The zero-order valence-corrected chi connectivity index (χ0v) is 17.0. The Hall–Kier alpha value is -2.59. The van der Waals surface area contributed by atoms with Crippen LogP contribution in [0.25, 0.3) is 0 Å². The third kappa shape index (κ3) is 3.97. The van der Waals surface area contributed by atoms with E-state index in [9.17, 15) is 13.2 Å². The predicted octanol–water partition coefficient (Wildman–Crippen LogP) is 1.12.